The zero-order chi connectivity index (χ0) is 25.0. The summed E-state index contributed by atoms with van der Waals surface area (Å²) in [6.07, 6.45) is 1.79. The standard InChI is InChI=1S/C27H28N2O5S/c1-3-4-16-34-27(32)20-8-12-21(13-9-20)28-25(30)18-35-24-7-5-6-22(17-24)29-26(31)19-10-14-23(33-2)15-11-19/h5-15,17H,3-4,16,18H2,1-2H3,(H,28,30)(H,29,31). The lowest BCUT2D eigenvalue weighted by Gasteiger charge is -2.09. The fourth-order valence-corrected chi connectivity index (χ4v) is 3.79. The Labute approximate surface area is 209 Å². The smallest absolute Gasteiger partial charge is 0.338 e. The van der Waals surface area contributed by atoms with Gasteiger partial charge < -0.3 is 20.1 Å². The molecule has 7 nitrogen and oxygen atoms in total. The van der Waals surface area contributed by atoms with Crippen molar-refractivity contribution in [2.24, 2.45) is 0 Å². The molecule has 2 amide bonds. The number of anilines is 2. The summed E-state index contributed by atoms with van der Waals surface area (Å²) < 4.78 is 10.3. The van der Waals surface area contributed by atoms with Crippen molar-refractivity contribution in [1.82, 2.24) is 0 Å². The number of rotatable bonds is 11. The molecule has 0 atom stereocenters. The Morgan fingerprint density at radius 2 is 1.57 bits per heavy atom. The van der Waals surface area contributed by atoms with Crippen molar-refractivity contribution < 1.29 is 23.9 Å². The van der Waals surface area contributed by atoms with Gasteiger partial charge in [0.15, 0.2) is 0 Å². The molecular weight excluding hydrogens is 464 g/mol. The lowest BCUT2D eigenvalue weighted by Crippen LogP contribution is -2.14. The molecular formula is C27H28N2O5S. The number of unbranched alkanes of at least 4 members (excludes halogenated alkanes) is 1. The first kappa shape index (κ1) is 25.8. The van der Waals surface area contributed by atoms with E-state index in [1.807, 2.05) is 25.1 Å². The maximum Gasteiger partial charge on any atom is 0.338 e. The molecule has 0 aliphatic heterocycles. The van der Waals surface area contributed by atoms with Gasteiger partial charge in [0.1, 0.15) is 5.75 Å². The number of nitrogens with one attached hydrogen (secondary N) is 2. The first-order chi connectivity index (χ1) is 17.0. The van der Waals surface area contributed by atoms with Crippen molar-refractivity contribution in [2.45, 2.75) is 24.7 Å². The third kappa shape index (κ3) is 8.19. The van der Waals surface area contributed by atoms with Gasteiger partial charge >= 0.3 is 5.97 Å². The predicted octanol–water partition coefficient (Wildman–Crippen LogP) is 5.64. The van der Waals surface area contributed by atoms with Crippen LogP contribution in [0.2, 0.25) is 0 Å². The molecule has 0 fully saturated rings. The van der Waals surface area contributed by atoms with E-state index in [-0.39, 0.29) is 23.5 Å². The molecule has 2 N–H and O–H groups in total. The van der Waals surface area contributed by atoms with Gasteiger partial charge in [0.05, 0.1) is 25.0 Å². The van der Waals surface area contributed by atoms with Gasteiger partial charge in [-0.3, -0.25) is 9.59 Å². The van der Waals surface area contributed by atoms with Crippen molar-refractivity contribution in [1.29, 1.82) is 0 Å². The van der Waals surface area contributed by atoms with Gasteiger partial charge in [-0.1, -0.05) is 19.4 Å². The second-order valence-electron chi connectivity index (χ2n) is 7.61. The van der Waals surface area contributed by atoms with E-state index in [0.29, 0.717) is 34.9 Å². The first-order valence-electron chi connectivity index (χ1n) is 11.2. The highest BCUT2D eigenvalue weighted by atomic mass is 32.2. The van der Waals surface area contributed by atoms with Crippen molar-refractivity contribution in [3.05, 3.63) is 83.9 Å². The fourth-order valence-electron chi connectivity index (χ4n) is 3.04. The summed E-state index contributed by atoms with van der Waals surface area (Å²) in [7, 11) is 1.57. The first-order valence-corrected chi connectivity index (χ1v) is 12.2. The number of amides is 2. The zero-order valence-corrected chi connectivity index (χ0v) is 20.5. The van der Waals surface area contributed by atoms with E-state index in [1.165, 1.54) is 11.8 Å². The van der Waals surface area contributed by atoms with Crippen molar-refractivity contribution >= 4 is 40.9 Å². The Morgan fingerprint density at radius 1 is 0.857 bits per heavy atom. The van der Waals surface area contributed by atoms with Crippen LogP contribution in [0, 0.1) is 0 Å². The normalized spacial score (nSPS) is 10.3. The molecule has 0 unspecified atom stereocenters. The highest BCUT2D eigenvalue weighted by molar-refractivity contribution is 8.00. The predicted molar refractivity (Wildman–Crippen MR) is 138 cm³/mol. The number of esters is 1. The Kier molecular flexibility index (Phi) is 9.74. The lowest BCUT2D eigenvalue weighted by molar-refractivity contribution is -0.113. The molecule has 182 valence electrons. The van der Waals surface area contributed by atoms with E-state index < -0.39 is 0 Å². The van der Waals surface area contributed by atoms with Crippen molar-refractivity contribution in [3.63, 3.8) is 0 Å². The summed E-state index contributed by atoms with van der Waals surface area (Å²) in [5, 5.41) is 5.68. The van der Waals surface area contributed by atoms with Crippen LogP contribution in [0.15, 0.2) is 77.7 Å². The monoisotopic (exact) mass is 492 g/mol. The quantitative estimate of drug-likeness (QED) is 0.205. The number of ether oxygens (including phenoxy) is 2. The number of methoxy groups -OCH3 is 1. The molecule has 35 heavy (non-hydrogen) atoms. The Balaban J connectivity index is 1.48. The molecule has 0 radical (unpaired) electrons. The second-order valence-corrected chi connectivity index (χ2v) is 8.66. The number of thioether (sulfide) groups is 1. The van der Waals surface area contributed by atoms with Crippen LogP contribution >= 0.6 is 11.8 Å². The van der Waals surface area contributed by atoms with Crippen LogP contribution < -0.4 is 15.4 Å². The van der Waals surface area contributed by atoms with Crippen LogP contribution in [-0.2, 0) is 9.53 Å². The minimum atomic E-state index is -0.370. The molecule has 0 aliphatic carbocycles. The molecule has 0 bridgehead atoms. The molecule has 3 rings (SSSR count). The van der Waals surface area contributed by atoms with Crippen LogP contribution in [0.4, 0.5) is 11.4 Å². The van der Waals surface area contributed by atoms with Crippen LogP contribution in [0.3, 0.4) is 0 Å². The summed E-state index contributed by atoms with van der Waals surface area (Å²) in [6, 6.07) is 20.8. The SMILES string of the molecule is CCCCOC(=O)c1ccc(NC(=O)CSc2cccc(NC(=O)c3ccc(OC)cc3)c2)cc1. The fraction of sp³-hybridized carbons (Fsp3) is 0.222. The van der Waals surface area contributed by atoms with Gasteiger partial charge in [0.25, 0.3) is 5.91 Å². The molecule has 0 saturated carbocycles. The van der Waals surface area contributed by atoms with Gasteiger partial charge in [-0.15, -0.1) is 11.8 Å². The summed E-state index contributed by atoms with van der Waals surface area (Å²) in [5.74, 6) is 0.0903. The molecule has 8 heteroatoms. The zero-order valence-electron chi connectivity index (χ0n) is 19.7. The summed E-state index contributed by atoms with van der Waals surface area (Å²) in [4.78, 5) is 37.7. The number of hydrogen-bond acceptors (Lipinski definition) is 6. The molecule has 0 aromatic heterocycles. The van der Waals surface area contributed by atoms with Gasteiger partial charge in [-0.2, -0.15) is 0 Å². The lowest BCUT2D eigenvalue weighted by atomic mass is 10.2. The van der Waals surface area contributed by atoms with Crippen molar-refractivity contribution in [2.75, 3.05) is 30.1 Å². The average molecular weight is 493 g/mol. The van der Waals surface area contributed by atoms with Crippen LogP contribution in [-0.4, -0.2) is 37.3 Å². The molecule has 0 spiro atoms. The maximum atomic E-state index is 12.5. The van der Waals surface area contributed by atoms with E-state index in [1.54, 1.807) is 61.7 Å². The van der Waals surface area contributed by atoms with E-state index in [9.17, 15) is 14.4 Å². The van der Waals surface area contributed by atoms with Crippen LogP contribution in [0.1, 0.15) is 40.5 Å². The number of benzene rings is 3. The number of carbonyl (C=O) groups excluding carboxylic acids is 3. The Morgan fingerprint density at radius 3 is 2.26 bits per heavy atom. The van der Waals surface area contributed by atoms with Crippen molar-refractivity contribution in [3.8, 4) is 5.75 Å². The largest absolute Gasteiger partial charge is 0.497 e. The number of hydrogen-bond donors (Lipinski definition) is 2. The summed E-state index contributed by atoms with van der Waals surface area (Å²) in [5.41, 5.74) is 2.20. The van der Waals surface area contributed by atoms with E-state index in [4.69, 9.17) is 9.47 Å². The number of carbonyl (C=O) groups is 3. The summed E-state index contributed by atoms with van der Waals surface area (Å²) >= 11 is 1.36. The van der Waals surface area contributed by atoms with E-state index >= 15 is 0 Å². The minimum absolute atomic E-state index is 0.180. The van der Waals surface area contributed by atoms with Crippen LogP contribution in [0.5, 0.6) is 5.75 Å². The van der Waals surface area contributed by atoms with Gasteiger partial charge in [-0.05, 0) is 73.2 Å². The highest BCUT2D eigenvalue weighted by Crippen LogP contribution is 2.23. The molecule has 0 heterocycles. The Bertz CT molecular complexity index is 1150. The van der Waals surface area contributed by atoms with Crippen LogP contribution in [0.25, 0.3) is 0 Å². The Hall–Kier alpha value is -3.78. The summed E-state index contributed by atoms with van der Waals surface area (Å²) in [6.45, 7) is 2.43. The average Bonchev–Trinajstić information content (AvgIpc) is 2.88. The van der Waals surface area contributed by atoms with Gasteiger partial charge in [0.2, 0.25) is 5.91 Å². The minimum Gasteiger partial charge on any atom is -0.497 e. The van der Waals surface area contributed by atoms with Gasteiger partial charge in [-0.25, -0.2) is 4.79 Å². The molecule has 0 saturated heterocycles. The third-order valence-corrected chi connectivity index (χ3v) is 5.94. The molecule has 3 aromatic carbocycles. The molecule has 3 aromatic rings. The highest BCUT2D eigenvalue weighted by Gasteiger charge is 2.10. The van der Waals surface area contributed by atoms with E-state index in [2.05, 4.69) is 10.6 Å². The molecule has 0 aliphatic rings. The maximum absolute atomic E-state index is 12.5. The van der Waals surface area contributed by atoms with E-state index in [0.717, 1.165) is 17.7 Å². The van der Waals surface area contributed by atoms with Gasteiger partial charge in [0, 0.05) is 21.8 Å². The second kappa shape index (κ2) is 13.2. The third-order valence-electron chi connectivity index (χ3n) is 4.95. The topological polar surface area (TPSA) is 93.7 Å².